The highest BCUT2D eigenvalue weighted by Crippen LogP contribution is 2.63. The van der Waals surface area contributed by atoms with Gasteiger partial charge in [0.1, 0.15) is 0 Å². The molecule has 3 aromatic rings. The molecule has 1 aliphatic heterocycles. The number of aromatic nitrogens is 1. The molecular weight excluding hydrogens is 382 g/mol. The maximum absolute atomic E-state index is 12.9. The van der Waals surface area contributed by atoms with E-state index in [0.29, 0.717) is 24.4 Å². The third-order valence-corrected chi connectivity index (χ3v) is 7.71. The summed E-state index contributed by atoms with van der Waals surface area (Å²) < 4.78 is 0. The van der Waals surface area contributed by atoms with Crippen LogP contribution in [0.3, 0.4) is 0 Å². The molecule has 2 heterocycles. The molecule has 0 spiro atoms. The van der Waals surface area contributed by atoms with E-state index in [1.165, 1.54) is 36.1 Å². The van der Waals surface area contributed by atoms with Crippen LogP contribution < -0.4 is 10.6 Å². The van der Waals surface area contributed by atoms with Crippen molar-refractivity contribution in [3.8, 4) is 0 Å². The van der Waals surface area contributed by atoms with Gasteiger partial charge in [0.05, 0.1) is 6.04 Å². The summed E-state index contributed by atoms with van der Waals surface area (Å²) in [5.74, 6) is 2.68. The van der Waals surface area contributed by atoms with E-state index < -0.39 is 0 Å². The first kappa shape index (κ1) is 18.6. The first-order valence-electron chi connectivity index (χ1n) is 11.4. The Hall–Kier alpha value is -3.14. The van der Waals surface area contributed by atoms with E-state index in [9.17, 15) is 4.79 Å². The molecular formula is C27H27N3O. The van der Waals surface area contributed by atoms with Crippen molar-refractivity contribution in [3.63, 3.8) is 0 Å². The molecule has 0 unspecified atom stereocenters. The molecule has 31 heavy (non-hydrogen) atoms. The van der Waals surface area contributed by atoms with Crippen LogP contribution in [0.25, 0.3) is 0 Å². The van der Waals surface area contributed by atoms with Gasteiger partial charge in [-0.05, 0) is 90.0 Å². The van der Waals surface area contributed by atoms with Crippen LogP contribution in [0.15, 0.2) is 73.1 Å². The van der Waals surface area contributed by atoms with E-state index in [-0.39, 0.29) is 5.91 Å². The van der Waals surface area contributed by atoms with Crippen molar-refractivity contribution in [2.24, 2.45) is 17.8 Å². The molecule has 2 N–H and O–H groups in total. The number of hydrogen-bond acceptors (Lipinski definition) is 3. The lowest BCUT2D eigenvalue weighted by Crippen LogP contribution is -2.35. The zero-order valence-electron chi connectivity index (χ0n) is 17.5. The first-order valence-corrected chi connectivity index (χ1v) is 11.4. The van der Waals surface area contributed by atoms with E-state index in [1.807, 2.05) is 18.2 Å². The summed E-state index contributed by atoms with van der Waals surface area (Å²) in [6.45, 7) is 0.517. The summed E-state index contributed by atoms with van der Waals surface area (Å²) in [6.07, 6.45) is 7.51. The summed E-state index contributed by atoms with van der Waals surface area (Å²) in [6, 6.07) is 21.4. The number of anilines is 1. The Morgan fingerprint density at radius 2 is 1.81 bits per heavy atom. The predicted octanol–water partition coefficient (Wildman–Crippen LogP) is 5.31. The van der Waals surface area contributed by atoms with Gasteiger partial charge in [-0.25, -0.2) is 0 Å². The minimum Gasteiger partial charge on any atom is -0.378 e. The summed E-state index contributed by atoms with van der Waals surface area (Å²) in [7, 11) is 0. The van der Waals surface area contributed by atoms with Crippen molar-refractivity contribution in [3.05, 3.63) is 95.3 Å². The summed E-state index contributed by atoms with van der Waals surface area (Å²) in [4.78, 5) is 16.9. The number of nitrogens with one attached hydrogen (secondary N) is 2. The number of fused-ring (bicyclic) bond motifs is 7. The standard InChI is InChI=1S/C27H27N3O/c31-27(29-16-17-10-12-28-13-11-17)21-8-9-23-22(15-21)24-19-6-7-20(14-19)25(24)26(30-23)18-4-2-1-3-5-18/h1-5,8-13,15,19-20,24-26,30H,6-7,14,16H2,(H,29,31)/t19-,20-,24-,25-,26-/m0/s1. The van der Waals surface area contributed by atoms with Crippen molar-refractivity contribution in [1.29, 1.82) is 0 Å². The third kappa shape index (κ3) is 3.21. The Bertz CT molecular complexity index is 1100. The van der Waals surface area contributed by atoms with Gasteiger partial charge >= 0.3 is 0 Å². The number of amides is 1. The number of pyridine rings is 1. The second-order valence-corrected chi connectivity index (χ2v) is 9.31. The van der Waals surface area contributed by atoms with Gasteiger partial charge in [-0.1, -0.05) is 30.3 Å². The number of carbonyl (C=O) groups is 1. The maximum Gasteiger partial charge on any atom is 0.251 e. The fourth-order valence-electron chi connectivity index (χ4n) is 6.40. The molecule has 2 aliphatic carbocycles. The van der Waals surface area contributed by atoms with Gasteiger partial charge in [0, 0.05) is 30.2 Å². The van der Waals surface area contributed by atoms with Crippen molar-refractivity contribution in [2.75, 3.05) is 5.32 Å². The van der Waals surface area contributed by atoms with Crippen molar-refractivity contribution in [1.82, 2.24) is 10.3 Å². The molecule has 1 aromatic heterocycles. The Morgan fingerprint density at radius 3 is 2.65 bits per heavy atom. The average Bonchev–Trinajstić information content (AvgIpc) is 3.46. The van der Waals surface area contributed by atoms with E-state index in [1.54, 1.807) is 12.4 Å². The molecule has 0 saturated heterocycles. The molecule has 2 fully saturated rings. The van der Waals surface area contributed by atoms with E-state index in [0.717, 1.165) is 23.0 Å². The van der Waals surface area contributed by atoms with Crippen molar-refractivity contribution in [2.45, 2.75) is 37.8 Å². The fourth-order valence-corrected chi connectivity index (χ4v) is 6.40. The normalized spacial score (nSPS) is 27.8. The highest BCUT2D eigenvalue weighted by molar-refractivity contribution is 5.95. The summed E-state index contributed by atoms with van der Waals surface area (Å²) in [5, 5.41) is 6.92. The molecule has 3 aliphatic rings. The Labute approximate surface area is 183 Å². The average molecular weight is 410 g/mol. The largest absolute Gasteiger partial charge is 0.378 e. The van der Waals surface area contributed by atoms with E-state index >= 15 is 0 Å². The lowest BCUT2D eigenvalue weighted by molar-refractivity contribution is 0.0950. The lowest BCUT2D eigenvalue weighted by Gasteiger charge is -2.43. The molecule has 6 rings (SSSR count). The van der Waals surface area contributed by atoms with Crippen LogP contribution in [0.2, 0.25) is 0 Å². The predicted molar refractivity (Wildman–Crippen MR) is 122 cm³/mol. The molecule has 1 amide bonds. The van der Waals surface area contributed by atoms with Gasteiger partial charge < -0.3 is 10.6 Å². The Balaban J connectivity index is 1.30. The second kappa shape index (κ2) is 7.52. The zero-order valence-corrected chi connectivity index (χ0v) is 17.5. The molecule has 0 radical (unpaired) electrons. The number of nitrogens with zero attached hydrogens (tertiary/aromatic N) is 1. The van der Waals surface area contributed by atoms with Gasteiger partial charge in [0.25, 0.3) is 5.91 Å². The third-order valence-electron chi connectivity index (χ3n) is 7.71. The minimum atomic E-state index is -0.00972. The fraction of sp³-hybridized carbons (Fsp3) is 0.333. The van der Waals surface area contributed by atoms with Gasteiger partial charge in [0.2, 0.25) is 0 Å². The Morgan fingerprint density at radius 1 is 1.00 bits per heavy atom. The molecule has 2 saturated carbocycles. The first-order chi connectivity index (χ1) is 15.3. The highest BCUT2D eigenvalue weighted by atomic mass is 16.1. The number of rotatable bonds is 4. The number of benzene rings is 2. The monoisotopic (exact) mass is 409 g/mol. The number of hydrogen-bond donors (Lipinski definition) is 2. The second-order valence-electron chi connectivity index (χ2n) is 9.31. The van der Waals surface area contributed by atoms with Crippen LogP contribution in [-0.2, 0) is 6.54 Å². The van der Waals surface area contributed by atoms with Crippen LogP contribution in [0, 0.1) is 17.8 Å². The highest BCUT2D eigenvalue weighted by Gasteiger charge is 2.53. The lowest BCUT2D eigenvalue weighted by atomic mass is 9.68. The molecule has 2 bridgehead atoms. The quantitative estimate of drug-likeness (QED) is 0.614. The number of carbonyl (C=O) groups excluding carboxylic acids is 1. The summed E-state index contributed by atoms with van der Waals surface area (Å²) in [5.41, 5.74) is 5.75. The van der Waals surface area contributed by atoms with Gasteiger partial charge in [0.15, 0.2) is 0 Å². The van der Waals surface area contributed by atoms with Crippen molar-refractivity contribution >= 4 is 11.6 Å². The van der Waals surface area contributed by atoms with Gasteiger partial charge in [-0.15, -0.1) is 0 Å². The maximum atomic E-state index is 12.9. The minimum absolute atomic E-state index is 0.00972. The molecule has 4 nitrogen and oxygen atoms in total. The van der Waals surface area contributed by atoms with E-state index in [2.05, 4.69) is 58.1 Å². The Kier molecular flexibility index (Phi) is 4.52. The van der Waals surface area contributed by atoms with Gasteiger partial charge in [-0.2, -0.15) is 0 Å². The smallest absolute Gasteiger partial charge is 0.251 e. The van der Waals surface area contributed by atoms with Crippen LogP contribution >= 0.6 is 0 Å². The van der Waals surface area contributed by atoms with Crippen LogP contribution in [0.5, 0.6) is 0 Å². The van der Waals surface area contributed by atoms with Crippen LogP contribution in [0.1, 0.15) is 58.3 Å². The van der Waals surface area contributed by atoms with Crippen LogP contribution in [-0.4, -0.2) is 10.9 Å². The molecule has 156 valence electrons. The SMILES string of the molecule is O=C(NCc1ccncc1)c1ccc2c(c1)[C@@H]1[C@H]3CC[C@@H](C3)[C@@H]1[C@H](c1ccccc1)N2. The molecule has 5 atom stereocenters. The van der Waals surface area contributed by atoms with Gasteiger partial charge in [-0.3, -0.25) is 9.78 Å². The molecule has 4 heteroatoms. The topological polar surface area (TPSA) is 54.0 Å². The van der Waals surface area contributed by atoms with Crippen LogP contribution in [0.4, 0.5) is 5.69 Å². The van der Waals surface area contributed by atoms with Crippen molar-refractivity contribution < 1.29 is 4.79 Å². The molecule has 2 aromatic carbocycles. The zero-order chi connectivity index (χ0) is 20.8. The van der Waals surface area contributed by atoms with E-state index in [4.69, 9.17) is 0 Å². The summed E-state index contributed by atoms with van der Waals surface area (Å²) >= 11 is 0.